The van der Waals surface area contributed by atoms with Gasteiger partial charge in [0.25, 0.3) is 5.56 Å². The van der Waals surface area contributed by atoms with Crippen molar-refractivity contribution in [2.24, 2.45) is 0 Å². The smallest absolute Gasteiger partial charge is 0.419 e. The van der Waals surface area contributed by atoms with E-state index < -0.39 is 17.3 Å². The molecule has 0 spiro atoms. The fourth-order valence-electron chi connectivity index (χ4n) is 3.02. The van der Waals surface area contributed by atoms with Crippen LogP contribution in [0.15, 0.2) is 23.1 Å². The lowest BCUT2D eigenvalue weighted by Crippen LogP contribution is -2.36. The molecule has 1 aromatic carbocycles. The highest BCUT2D eigenvalue weighted by Gasteiger charge is 2.36. The van der Waals surface area contributed by atoms with E-state index in [9.17, 15) is 18.0 Å². The SMILES string of the molecule is Cc1c[nH]c(=O)c2cc(C(F)(F)F)c(OC3CCN(C)CC3)cc12. The molecule has 4 nitrogen and oxygen atoms in total. The number of nitrogens with one attached hydrogen (secondary N) is 1. The van der Waals surface area contributed by atoms with E-state index in [1.165, 1.54) is 12.3 Å². The van der Waals surface area contributed by atoms with Crippen LogP contribution in [0.1, 0.15) is 24.0 Å². The minimum atomic E-state index is -4.58. The van der Waals surface area contributed by atoms with Crippen LogP contribution in [-0.2, 0) is 6.18 Å². The van der Waals surface area contributed by atoms with Crippen LogP contribution >= 0.6 is 0 Å². The number of aromatic nitrogens is 1. The average Bonchev–Trinajstić information content (AvgIpc) is 2.52. The Hall–Kier alpha value is -2.02. The number of alkyl halides is 3. The van der Waals surface area contributed by atoms with Gasteiger partial charge < -0.3 is 14.6 Å². The van der Waals surface area contributed by atoms with E-state index in [1.54, 1.807) is 6.92 Å². The highest BCUT2D eigenvalue weighted by atomic mass is 19.4. The first-order valence-electron chi connectivity index (χ1n) is 7.84. The zero-order chi connectivity index (χ0) is 17.5. The van der Waals surface area contributed by atoms with Crippen molar-refractivity contribution < 1.29 is 17.9 Å². The molecular weight excluding hydrogens is 321 g/mol. The monoisotopic (exact) mass is 340 g/mol. The summed E-state index contributed by atoms with van der Waals surface area (Å²) < 4.78 is 46.0. The number of aryl methyl sites for hydroxylation is 1. The van der Waals surface area contributed by atoms with E-state index in [4.69, 9.17) is 4.74 Å². The van der Waals surface area contributed by atoms with Crippen molar-refractivity contribution in [1.82, 2.24) is 9.88 Å². The van der Waals surface area contributed by atoms with Crippen molar-refractivity contribution in [3.8, 4) is 5.75 Å². The van der Waals surface area contributed by atoms with Gasteiger partial charge in [-0.05, 0) is 49.9 Å². The summed E-state index contributed by atoms with van der Waals surface area (Å²) in [5.74, 6) is -0.196. The molecule has 0 saturated carbocycles. The molecule has 1 aromatic heterocycles. The first-order valence-corrected chi connectivity index (χ1v) is 7.84. The molecule has 0 atom stereocenters. The van der Waals surface area contributed by atoms with E-state index in [0.29, 0.717) is 23.8 Å². The second-order valence-corrected chi connectivity index (χ2v) is 6.31. The third-order valence-electron chi connectivity index (χ3n) is 4.47. The van der Waals surface area contributed by atoms with Gasteiger partial charge in [0.1, 0.15) is 11.9 Å². The second-order valence-electron chi connectivity index (χ2n) is 6.31. The molecule has 0 radical (unpaired) electrons. The fraction of sp³-hybridized carbons (Fsp3) is 0.471. The zero-order valence-corrected chi connectivity index (χ0v) is 13.5. The lowest BCUT2D eigenvalue weighted by molar-refractivity contribution is -0.139. The van der Waals surface area contributed by atoms with Gasteiger partial charge in [0.05, 0.1) is 5.56 Å². The molecule has 130 valence electrons. The lowest BCUT2D eigenvalue weighted by Gasteiger charge is -2.30. The highest BCUT2D eigenvalue weighted by molar-refractivity contribution is 5.87. The zero-order valence-electron chi connectivity index (χ0n) is 13.5. The average molecular weight is 340 g/mol. The number of piperidine rings is 1. The van der Waals surface area contributed by atoms with Crippen LogP contribution in [0.25, 0.3) is 10.8 Å². The molecule has 2 aromatic rings. The van der Waals surface area contributed by atoms with E-state index in [0.717, 1.165) is 19.2 Å². The van der Waals surface area contributed by atoms with Crippen LogP contribution in [0, 0.1) is 6.92 Å². The molecule has 0 amide bonds. The third kappa shape index (κ3) is 3.26. The van der Waals surface area contributed by atoms with Gasteiger partial charge in [-0.3, -0.25) is 4.79 Å². The fourth-order valence-corrected chi connectivity index (χ4v) is 3.02. The number of pyridine rings is 1. The summed E-state index contributed by atoms with van der Waals surface area (Å²) in [6.07, 6.45) is -1.97. The Balaban J connectivity index is 2.07. The maximum atomic E-state index is 13.4. The van der Waals surface area contributed by atoms with Crippen molar-refractivity contribution in [2.45, 2.75) is 32.0 Å². The number of benzene rings is 1. The predicted molar refractivity (Wildman–Crippen MR) is 85.5 cm³/mol. The van der Waals surface area contributed by atoms with Gasteiger partial charge in [-0.2, -0.15) is 13.2 Å². The summed E-state index contributed by atoms with van der Waals surface area (Å²) in [6.45, 7) is 3.32. The van der Waals surface area contributed by atoms with Crippen LogP contribution < -0.4 is 10.3 Å². The van der Waals surface area contributed by atoms with Crippen molar-refractivity contribution in [1.29, 1.82) is 0 Å². The third-order valence-corrected chi connectivity index (χ3v) is 4.47. The second kappa shape index (κ2) is 6.12. The summed E-state index contributed by atoms with van der Waals surface area (Å²) in [4.78, 5) is 16.5. The van der Waals surface area contributed by atoms with Gasteiger partial charge in [0.15, 0.2) is 0 Å². The molecule has 1 N–H and O–H groups in total. The minimum absolute atomic E-state index is 0.0260. The Morgan fingerprint density at radius 3 is 2.50 bits per heavy atom. The van der Waals surface area contributed by atoms with Crippen LogP contribution in [0.3, 0.4) is 0 Å². The van der Waals surface area contributed by atoms with E-state index in [2.05, 4.69) is 9.88 Å². The normalized spacial score (nSPS) is 17.4. The molecular formula is C17H19F3N2O2. The van der Waals surface area contributed by atoms with E-state index >= 15 is 0 Å². The molecule has 1 aliphatic heterocycles. The molecule has 24 heavy (non-hydrogen) atoms. The molecule has 0 aliphatic carbocycles. The van der Waals surface area contributed by atoms with Crippen molar-refractivity contribution >= 4 is 10.8 Å². The van der Waals surface area contributed by atoms with Crippen LogP contribution in [0.2, 0.25) is 0 Å². The summed E-state index contributed by atoms with van der Waals surface area (Å²) in [5, 5.41) is 0.507. The van der Waals surface area contributed by atoms with Crippen LogP contribution in [0.5, 0.6) is 5.75 Å². The Morgan fingerprint density at radius 2 is 1.88 bits per heavy atom. The molecule has 0 unspecified atom stereocenters. The number of hydrogen-bond donors (Lipinski definition) is 1. The van der Waals surface area contributed by atoms with Gasteiger partial charge in [-0.15, -0.1) is 0 Å². The van der Waals surface area contributed by atoms with Crippen molar-refractivity contribution in [3.63, 3.8) is 0 Å². The summed E-state index contributed by atoms with van der Waals surface area (Å²) in [7, 11) is 1.98. The number of halogens is 3. The maximum absolute atomic E-state index is 13.4. The van der Waals surface area contributed by atoms with Gasteiger partial charge in [-0.25, -0.2) is 0 Å². The Morgan fingerprint density at radius 1 is 1.21 bits per heavy atom. The summed E-state index contributed by atoms with van der Waals surface area (Å²) >= 11 is 0. The number of aromatic amines is 1. The summed E-state index contributed by atoms with van der Waals surface area (Å²) in [5.41, 5.74) is -0.733. The van der Waals surface area contributed by atoms with E-state index in [1.807, 2.05) is 7.05 Å². The predicted octanol–water partition coefficient (Wildman–Crippen LogP) is 3.33. The number of rotatable bonds is 2. The maximum Gasteiger partial charge on any atom is 0.419 e. The number of ether oxygens (including phenoxy) is 1. The molecule has 2 heterocycles. The molecule has 7 heteroatoms. The molecule has 0 bridgehead atoms. The molecule has 3 rings (SSSR count). The van der Waals surface area contributed by atoms with Gasteiger partial charge in [-0.1, -0.05) is 0 Å². The standard InChI is InChI=1S/C17H19F3N2O2/c1-10-9-21-16(23)13-7-14(17(18,19)20)15(8-12(10)13)24-11-3-5-22(2)6-4-11/h7-9,11H,3-6H2,1-2H3,(H,21,23). The quantitative estimate of drug-likeness (QED) is 0.912. The van der Waals surface area contributed by atoms with E-state index in [-0.39, 0.29) is 17.2 Å². The van der Waals surface area contributed by atoms with Crippen molar-refractivity contribution in [3.05, 3.63) is 39.8 Å². The lowest BCUT2D eigenvalue weighted by atomic mass is 10.0. The number of likely N-dealkylation sites (tertiary alicyclic amines) is 1. The highest BCUT2D eigenvalue weighted by Crippen LogP contribution is 2.39. The molecule has 1 aliphatic rings. The van der Waals surface area contributed by atoms with Gasteiger partial charge >= 0.3 is 6.18 Å². The number of nitrogens with zero attached hydrogens (tertiary/aromatic N) is 1. The molecule has 1 fully saturated rings. The van der Waals surface area contributed by atoms with Crippen LogP contribution in [0.4, 0.5) is 13.2 Å². The number of fused-ring (bicyclic) bond motifs is 1. The Labute approximate surface area is 137 Å². The van der Waals surface area contributed by atoms with Gasteiger partial charge in [0.2, 0.25) is 0 Å². The number of hydrogen-bond acceptors (Lipinski definition) is 3. The number of H-pyrrole nitrogens is 1. The van der Waals surface area contributed by atoms with Gasteiger partial charge in [0, 0.05) is 24.7 Å². The first-order chi connectivity index (χ1) is 11.3. The minimum Gasteiger partial charge on any atom is -0.490 e. The van der Waals surface area contributed by atoms with Crippen LogP contribution in [-0.4, -0.2) is 36.1 Å². The van der Waals surface area contributed by atoms with Crippen molar-refractivity contribution in [2.75, 3.05) is 20.1 Å². The first kappa shape index (κ1) is 16.8. The Kier molecular flexibility index (Phi) is 4.29. The topological polar surface area (TPSA) is 45.3 Å². The largest absolute Gasteiger partial charge is 0.490 e. The molecule has 1 saturated heterocycles. The Bertz CT molecular complexity index is 806. The summed E-state index contributed by atoms with van der Waals surface area (Å²) in [6, 6.07) is 2.24.